The van der Waals surface area contributed by atoms with Gasteiger partial charge in [0, 0.05) is 12.8 Å². The van der Waals surface area contributed by atoms with Crippen LogP contribution in [0.25, 0.3) is 0 Å². The number of Topliss-reactive ketones (excluding diaryl/α,β-unsaturated/α-hetero) is 2. The molecular formula is C14H16O4. The largest absolute Gasteiger partial charge is 0.496 e. The third-order valence-electron chi connectivity index (χ3n) is 3.24. The van der Waals surface area contributed by atoms with Gasteiger partial charge in [-0.05, 0) is 18.6 Å². The summed E-state index contributed by atoms with van der Waals surface area (Å²) in [5, 5.41) is 0. The quantitative estimate of drug-likeness (QED) is 0.769. The van der Waals surface area contributed by atoms with Crippen molar-refractivity contribution in [3.05, 3.63) is 23.8 Å². The summed E-state index contributed by atoms with van der Waals surface area (Å²) >= 11 is 0. The van der Waals surface area contributed by atoms with Gasteiger partial charge in [0.2, 0.25) is 0 Å². The first kappa shape index (κ1) is 12.6. The van der Waals surface area contributed by atoms with Gasteiger partial charge in [0.1, 0.15) is 29.0 Å². The van der Waals surface area contributed by atoms with E-state index in [9.17, 15) is 9.59 Å². The number of ether oxygens (including phenoxy) is 2. The van der Waals surface area contributed by atoms with Gasteiger partial charge in [0.05, 0.1) is 19.8 Å². The predicted octanol–water partition coefficient (Wildman–Crippen LogP) is 2.11. The smallest absolute Gasteiger partial charge is 0.148 e. The third kappa shape index (κ3) is 2.10. The first-order valence-corrected chi connectivity index (χ1v) is 5.95. The van der Waals surface area contributed by atoms with Crippen molar-refractivity contribution < 1.29 is 19.1 Å². The number of carbonyl (C=O) groups is 2. The van der Waals surface area contributed by atoms with E-state index in [1.807, 2.05) is 0 Å². The molecule has 0 aromatic heterocycles. The topological polar surface area (TPSA) is 52.6 Å². The Morgan fingerprint density at radius 1 is 1.00 bits per heavy atom. The molecule has 0 heterocycles. The lowest BCUT2D eigenvalue weighted by molar-refractivity contribution is -0.131. The number of benzene rings is 1. The number of hydrogen-bond donors (Lipinski definition) is 0. The summed E-state index contributed by atoms with van der Waals surface area (Å²) in [7, 11) is 3.05. The molecule has 1 aromatic carbocycles. The molecular weight excluding hydrogens is 232 g/mol. The molecule has 1 saturated carbocycles. The van der Waals surface area contributed by atoms with Gasteiger partial charge in [0.15, 0.2) is 0 Å². The number of carbonyl (C=O) groups excluding carboxylic acids is 2. The monoisotopic (exact) mass is 248 g/mol. The summed E-state index contributed by atoms with van der Waals surface area (Å²) in [5.74, 6) is 0.235. The summed E-state index contributed by atoms with van der Waals surface area (Å²) in [6, 6.07) is 5.26. The molecule has 4 nitrogen and oxygen atoms in total. The number of methoxy groups -OCH3 is 2. The normalized spacial score (nSPS) is 16.8. The molecule has 0 amide bonds. The molecule has 0 N–H and O–H groups in total. The van der Waals surface area contributed by atoms with Crippen LogP contribution in [0.4, 0.5) is 0 Å². The summed E-state index contributed by atoms with van der Waals surface area (Å²) in [4.78, 5) is 24.0. The molecule has 2 rings (SSSR count). The average Bonchev–Trinajstić information content (AvgIpc) is 2.38. The van der Waals surface area contributed by atoms with Crippen molar-refractivity contribution in [2.24, 2.45) is 0 Å². The lowest BCUT2D eigenvalue weighted by Crippen LogP contribution is -2.27. The molecule has 18 heavy (non-hydrogen) atoms. The minimum absolute atomic E-state index is 0.0472. The van der Waals surface area contributed by atoms with Crippen LogP contribution in [0.2, 0.25) is 0 Å². The van der Waals surface area contributed by atoms with E-state index in [4.69, 9.17) is 9.47 Å². The molecule has 0 bridgehead atoms. The maximum Gasteiger partial charge on any atom is 0.148 e. The van der Waals surface area contributed by atoms with Crippen molar-refractivity contribution in [2.75, 3.05) is 14.2 Å². The molecule has 1 aliphatic rings. The van der Waals surface area contributed by atoms with Crippen molar-refractivity contribution in [1.82, 2.24) is 0 Å². The molecule has 0 saturated heterocycles. The van der Waals surface area contributed by atoms with Crippen LogP contribution in [-0.2, 0) is 9.59 Å². The molecule has 0 atom stereocenters. The van der Waals surface area contributed by atoms with Crippen LogP contribution in [0.3, 0.4) is 0 Å². The van der Waals surface area contributed by atoms with Gasteiger partial charge in [-0.3, -0.25) is 9.59 Å². The van der Waals surface area contributed by atoms with Gasteiger partial charge in [-0.1, -0.05) is 6.07 Å². The predicted molar refractivity (Wildman–Crippen MR) is 66.2 cm³/mol. The Labute approximate surface area is 106 Å². The number of hydrogen-bond acceptors (Lipinski definition) is 4. The fourth-order valence-electron chi connectivity index (χ4n) is 2.39. The maximum absolute atomic E-state index is 12.0. The summed E-state index contributed by atoms with van der Waals surface area (Å²) in [5.41, 5.74) is 0.567. The van der Waals surface area contributed by atoms with E-state index >= 15 is 0 Å². The molecule has 0 spiro atoms. The van der Waals surface area contributed by atoms with Crippen LogP contribution in [-0.4, -0.2) is 25.8 Å². The first-order valence-electron chi connectivity index (χ1n) is 5.95. The lowest BCUT2D eigenvalue weighted by Gasteiger charge is -2.23. The van der Waals surface area contributed by atoms with Crippen LogP contribution in [0.1, 0.15) is 30.7 Å². The second kappa shape index (κ2) is 5.21. The van der Waals surface area contributed by atoms with E-state index in [1.54, 1.807) is 18.2 Å². The Hall–Kier alpha value is -1.84. The average molecular weight is 248 g/mol. The van der Waals surface area contributed by atoms with Crippen LogP contribution in [0.5, 0.6) is 11.5 Å². The Morgan fingerprint density at radius 3 is 1.94 bits per heavy atom. The molecule has 1 fully saturated rings. The second-order valence-corrected chi connectivity index (χ2v) is 4.30. The Bertz CT molecular complexity index is 440. The highest BCUT2D eigenvalue weighted by Crippen LogP contribution is 2.39. The van der Waals surface area contributed by atoms with E-state index in [0.29, 0.717) is 36.3 Å². The van der Waals surface area contributed by atoms with E-state index in [-0.39, 0.29) is 11.6 Å². The highest BCUT2D eigenvalue weighted by molar-refractivity contribution is 6.10. The zero-order valence-electron chi connectivity index (χ0n) is 10.6. The Kier molecular flexibility index (Phi) is 3.65. The first-order chi connectivity index (χ1) is 8.69. The fourth-order valence-corrected chi connectivity index (χ4v) is 2.39. The minimum atomic E-state index is -0.732. The number of ketones is 2. The van der Waals surface area contributed by atoms with Crippen LogP contribution >= 0.6 is 0 Å². The van der Waals surface area contributed by atoms with E-state index in [1.165, 1.54) is 14.2 Å². The molecule has 0 aliphatic heterocycles. The van der Waals surface area contributed by atoms with Crippen molar-refractivity contribution in [1.29, 1.82) is 0 Å². The molecule has 0 unspecified atom stereocenters. The van der Waals surface area contributed by atoms with Crippen LogP contribution in [0.15, 0.2) is 18.2 Å². The van der Waals surface area contributed by atoms with Gasteiger partial charge in [-0.2, -0.15) is 0 Å². The summed E-state index contributed by atoms with van der Waals surface area (Å²) in [6.45, 7) is 0. The number of rotatable bonds is 3. The van der Waals surface area contributed by atoms with Crippen molar-refractivity contribution in [3.63, 3.8) is 0 Å². The SMILES string of the molecule is COc1cccc(OC)c1C1C(=O)CCCC1=O. The van der Waals surface area contributed by atoms with Crippen molar-refractivity contribution in [3.8, 4) is 11.5 Å². The van der Waals surface area contributed by atoms with Crippen molar-refractivity contribution in [2.45, 2.75) is 25.2 Å². The van der Waals surface area contributed by atoms with Gasteiger partial charge in [0.25, 0.3) is 0 Å². The second-order valence-electron chi connectivity index (χ2n) is 4.30. The standard InChI is InChI=1S/C14H16O4/c1-17-11-7-4-8-12(18-2)14(11)13-9(15)5-3-6-10(13)16/h4,7-8,13H,3,5-6H2,1-2H3. The summed E-state index contributed by atoms with van der Waals surface area (Å²) in [6.07, 6.45) is 1.53. The third-order valence-corrected chi connectivity index (χ3v) is 3.24. The van der Waals surface area contributed by atoms with Crippen LogP contribution in [0, 0.1) is 0 Å². The Morgan fingerprint density at radius 2 is 1.50 bits per heavy atom. The zero-order valence-corrected chi connectivity index (χ0v) is 10.6. The van der Waals surface area contributed by atoms with Gasteiger partial charge >= 0.3 is 0 Å². The summed E-state index contributed by atoms with van der Waals surface area (Å²) < 4.78 is 10.5. The van der Waals surface area contributed by atoms with E-state index in [2.05, 4.69) is 0 Å². The molecule has 0 radical (unpaired) electrons. The fraction of sp³-hybridized carbons (Fsp3) is 0.429. The maximum atomic E-state index is 12.0. The van der Waals surface area contributed by atoms with E-state index in [0.717, 1.165) is 0 Å². The van der Waals surface area contributed by atoms with Gasteiger partial charge in [-0.25, -0.2) is 0 Å². The lowest BCUT2D eigenvalue weighted by atomic mass is 9.81. The molecule has 96 valence electrons. The molecule has 4 heteroatoms. The molecule has 1 aromatic rings. The van der Waals surface area contributed by atoms with Crippen molar-refractivity contribution >= 4 is 11.6 Å². The highest BCUT2D eigenvalue weighted by Gasteiger charge is 2.35. The van der Waals surface area contributed by atoms with Gasteiger partial charge in [-0.15, -0.1) is 0 Å². The highest BCUT2D eigenvalue weighted by atomic mass is 16.5. The zero-order chi connectivity index (χ0) is 13.1. The molecule has 1 aliphatic carbocycles. The van der Waals surface area contributed by atoms with Crippen LogP contribution < -0.4 is 9.47 Å². The minimum Gasteiger partial charge on any atom is -0.496 e. The Balaban J connectivity index is 2.53. The van der Waals surface area contributed by atoms with Gasteiger partial charge < -0.3 is 9.47 Å². The van der Waals surface area contributed by atoms with E-state index < -0.39 is 5.92 Å².